The Kier molecular flexibility index (Phi) is 23.9. The number of anilines is 8. The van der Waals surface area contributed by atoms with Gasteiger partial charge in [0.2, 0.25) is 11.4 Å². The van der Waals surface area contributed by atoms with E-state index in [9.17, 15) is 0 Å². The number of para-hydroxylation sites is 8. The fourth-order valence-electron chi connectivity index (χ4n) is 18.2. The van der Waals surface area contributed by atoms with Crippen molar-refractivity contribution in [3.63, 3.8) is 0 Å². The first-order chi connectivity index (χ1) is 56.6. The van der Waals surface area contributed by atoms with Gasteiger partial charge in [-0.2, -0.15) is 9.13 Å². The van der Waals surface area contributed by atoms with Crippen LogP contribution in [0.3, 0.4) is 0 Å². The average Bonchev–Trinajstić information content (AvgIpc) is 1.56. The van der Waals surface area contributed by atoms with E-state index >= 15 is 0 Å². The van der Waals surface area contributed by atoms with E-state index in [0.29, 0.717) is 36.0 Å². The van der Waals surface area contributed by atoms with Crippen LogP contribution in [-0.4, -0.2) is 71.8 Å². The summed E-state index contributed by atoms with van der Waals surface area (Å²) < 4.78 is 13.9. The normalized spacial score (nSPS) is 16.1. The van der Waals surface area contributed by atoms with Crippen LogP contribution in [0.15, 0.2) is 268 Å². The lowest BCUT2D eigenvalue weighted by Gasteiger charge is -2.29. The van der Waals surface area contributed by atoms with Crippen molar-refractivity contribution in [2.24, 2.45) is 28.2 Å². The van der Waals surface area contributed by atoms with Gasteiger partial charge in [-0.25, -0.2) is 18.3 Å². The summed E-state index contributed by atoms with van der Waals surface area (Å²) in [5, 5.41) is 0. The number of benzene rings is 9. The van der Waals surface area contributed by atoms with Crippen LogP contribution in [0.25, 0.3) is 67.7 Å². The number of aromatic nitrogens is 6. The van der Waals surface area contributed by atoms with Gasteiger partial charge in [0, 0.05) is 122 Å². The lowest BCUT2D eigenvalue weighted by molar-refractivity contribution is -0.660. The van der Waals surface area contributed by atoms with Gasteiger partial charge in [-0.15, -0.1) is 0 Å². The number of pyridine rings is 2. The Morgan fingerprint density at radius 1 is 0.305 bits per heavy atom. The minimum absolute atomic E-state index is 0.222. The molecule has 14 heteroatoms. The van der Waals surface area contributed by atoms with Gasteiger partial charge in [0.05, 0.1) is 59.1 Å². The molecule has 4 aliphatic heterocycles. The second kappa shape index (κ2) is 34.2. The van der Waals surface area contributed by atoms with Crippen molar-refractivity contribution >= 4 is 56.5 Å². The van der Waals surface area contributed by atoms with Crippen LogP contribution in [0.4, 0.5) is 45.5 Å². The Bertz CT molecular complexity index is 5720. The maximum atomic E-state index is 2.54. The van der Waals surface area contributed by atoms with E-state index in [1.165, 1.54) is 158 Å². The summed E-state index contributed by atoms with van der Waals surface area (Å²) >= 11 is 0. The molecule has 0 radical (unpaired) electrons. The third kappa shape index (κ3) is 15.1. The predicted octanol–water partition coefficient (Wildman–Crippen LogP) is 22.2. The van der Waals surface area contributed by atoms with Gasteiger partial charge in [0.1, 0.15) is 62.5 Å². The van der Waals surface area contributed by atoms with Crippen molar-refractivity contribution in [3.8, 4) is 56.7 Å². The number of hydrogen-bond donors (Lipinski definition) is 0. The second-order valence-corrected chi connectivity index (χ2v) is 33.9. The van der Waals surface area contributed by atoms with Crippen LogP contribution in [0.2, 0.25) is 0 Å². The smallest absolute Gasteiger partial charge is 0.295 e. The Morgan fingerprint density at radius 2 is 0.653 bits per heavy atom. The molecule has 0 amide bonds. The summed E-state index contributed by atoms with van der Waals surface area (Å²) in [4.78, 5) is 18.8. The highest BCUT2D eigenvalue weighted by atomic mass is 15.4. The maximum Gasteiger partial charge on any atom is 0.295 e. The van der Waals surface area contributed by atoms with Crippen molar-refractivity contribution in [2.45, 2.75) is 159 Å². The number of imidazole rings is 2. The first-order valence-corrected chi connectivity index (χ1v) is 42.3. The zero-order valence-corrected chi connectivity index (χ0v) is 74.3. The summed E-state index contributed by atoms with van der Waals surface area (Å²) in [6, 6.07) is 79.2. The molecule has 0 saturated heterocycles. The Labute approximate surface area is 703 Å². The van der Waals surface area contributed by atoms with E-state index < -0.39 is 0 Å². The van der Waals surface area contributed by atoms with Crippen molar-refractivity contribution in [2.75, 3.05) is 57.6 Å². The molecule has 13 aromatic rings. The van der Waals surface area contributed by atoms with Crippen LogP contribution < -0.4 is 47.7 Å². The summed E-state index contributed by atoms with van der Waals surface area (Å²) in [6.45, 7) is 36.4. The topological polar surface area (TPSA) is 51.3 Å². The van der Waals surface area contributed by atoms with Gasteiger partial charge >= 0.3 is 0 Å². The molecule has 118 heavy (non-hydrogen) atoms. The van der Waals surface area contributed by atoms with E-state index in [1.54, 1.807) is 0 Å². The number of rotatable bonds is 14. The monoisotopic (exact) mass is 1570 g/mol. The first kappa shape index (κ1) is 82.4. The molecule has 14 nitrogen and oxygen atoms in total. The molecular weight excluding hydrogens is 1450 g/mol. The lowest BCUT2D eigenvalue weighted by Crippen LogP contribution is -2.36. The van der Waals surface area contributed by atoms with Crippen LogP contribution in [0, 0.1) is 27.7 Å². The number of aryl methyl sites for hydroxylation is 4. The molecule has 4 aliphatic rings. The fourth-order valence-corrected chi connectivity index (χ4v) is 18.2. The van der Waals surface area contributed by atoms with Crippen LogP contribution in [0.1, 0.15) is 151 Å². The average molecular weight is 1570 g/mol. The molecule has 0 spiro atoms. The molecule has 0 fully saturated rings. The van der Waals surface area contributed by atoms with Crippen LogP contribution in [0.5, 0.6) is 0 Å². The van der Waals surface area contributed by atoms with Crippen molar-refractivity contribution in [1.82, 2.24) is 18.9 Å². The molecule has 0 saturated carbocycles. The highest BCUT2D eigenvalue weighted by Crippen LogP contribution is 2.49. The number of nitrogens with zero attached hydrogens (tertiary/aromatic N) is 14. The Balaban J connectivity index is 0.000000134. The van der Waals surface area contributed by atoms with Gasteiger partial charge < -0.3 is 39.2 Å². The summed E-state index contributed by atoms with van der Waals surface area (Å²) in [6.07, 6.45) is 18.3. The predicted molar refractivity (Wildman–Crippen MR) is 494 cm³/mol. The standard InChI is InChI=1S/C36H41N4.C32H39N4.2C18H22N3/c1-23(2)27-15-13-16-28(24(3)4)35(27)40-34-21-12-10-19-32(34)38(8)36(40)29-17-14-22-30(25(29)5)39-26(6)37(7)31-18-9-11-20-33(31)39;1-21(2)25-13-11-14-26(22(3)4)31(25)35-20-19-33(7)32(35)27-15-12-18-28(23(27)5)36-24(6)34(8)29-16-9-10-17-30(29)36;2*1-14-16(18-9-5-6-11-20(18)4)8-7-10-17(14)21-13-12-19(3)15(21)2/h9-24,26H,1-8H3;9-22,24H,1-8H3;2*5-13,15H,1-4H3/q4*+1/t26-;24-;2*15-/m0000/s1. The van der Waals surface area contributed by atoms with Crippen molar-refractivity contribution in [3.05, 3.63) is 312 Å². The van der Waals surface area contributed by atoms with Crippen LogP contribution >= 0.6 is 0 Å². The summed E-state index contributed by atoms with van der Waals surface area (Å²) in [7, 11) is 17.2. The minimum atomic E-state index is 0.222. The molecule has 0 unspecified atom stereocenters. The maximum absolute atomic E-state index is 2.54. The molecule has 0 aliphatic carbocycles. The van der Waals surface area contributed by atoms with E-state index in [0.717, 1.165) is 0 Å². The summed E-state index contributed by atoms with van der Waals surface area (Å²) in [5.74, 6) is 4.09. The minimum Gasteiger partial charge on any atom is -0.359 e. The zero-order chi connectivity index (χ0) is 84.0. The van der Waals surface area contributed by atoms with E-state index in [-0.39, 0.29) is 12.3 Å². The molecular formula is C104H124N14+4. The highest BCUT2D eigenvalue weighted by molar-refractivity contribution is 5.89. The third-order valence-electron chi connectivity index (χ3n) is 25.4. The molecule has 17 rings (SSSR count). The van der Waals surface area contributed by atoms with Gasteiger partial charge in [-0.1, -0.05) is 152 Å². The second-order valence-electron chi connectivity index (χ2n) is 33.9. The van der Waals surface area contributed by atoms with Gasteiger partial charge in [-0.3, -0.25) is 0 Å². The largest absolute Gasteiger partial charge is 0.359 e. The molecule has 9 aromatic carbocycles. The van der Waals surface area contributed by atoms with Crippen molar-refractivity contribution in [1.29, 1.82) is 0 Å². The Hall–Kier alpha value is -12.2. The SMILES string of the molecule is Cc1c(-c2cccc[n+]2C)cccc1N1C=CN(C)[C@@H]1C.Cc1c(-c2cccc[n+]2C)cccc1N1C=CN(C)[C@@H]1C.Cc1c(-c2n(-c3c(C(C)C)cccc3C(C)C)c3ccccc3[n+]2C)cccc1N1c2ccccc2N(C)[C@@H]1C.Cc1c(-c2n(-c3c(C(C)C)cccc3C(C)C)cc[n+]2C)cccc1N1c2ccccc2N(C)[C@@H]1C. The lowest BCUT2D eigenvalue weighted by atomic mass is 9.92. The Morgan fingerprint density at radius 3 is 1.06 bits per heavy atom. The van der Waals surface area contributed by atoms with Crippen molar-refractivity contribution < 1.29 is 18.3 Å². The zero-order valence-electron chi connectivity index (χ0n) is 74.3. The quantitative estimate of drug-likeness (QED) is 0.0999. The fraction of sp³-hybridized carbons (Fsp3) is 0.308. The molecule has 606 valence electrons. The number of fused-ring (bicyclic) bond motifs is 3. The van der Waals surface area contributed by atoms with Crippen LogP contribution in [-0.2, 0) is 28.2 Å². The summed E-state index contributed by atoms with van der Waals surface area (Å²) in [5.41, 5.74) is 33.5. The molecule has 4 aromatic heterocycles. The molecule has 8 heterocycles. The molecule has 0 bridgehead atoms. The van der Waals surface area contributed by atoms with E-state index in [1.807, 2.05) is 0 Å². The third-order valence-corrected chi connectivity index (χ3v) is 25.4. The highest BCUT2D eigenvalue weighted by Gasteiger charge is 2.38. The molecule has 0 N–H and O–H groups in total. The van der Waals surface area contributed by atoms with E-state index in [2.05, 4.69) is 502 Å². The van der Waals surface area contributed by atoms with Gasteiger partial charge in [0.25, 0.3) is 11.6 Å². The number of hydrogen-bond acceptors (Lipinski definition) is 8. The van der Waals surface area contributed by atoms with Gasteiger partial charge in [-0.05, 0) is 198 Å². The molecule has 4 atom stereocenters. The first-order valence-electron chi connectivity index (χ1n) is 42.3. The van der Waals surface area contributed by atoms with E-state index in [4.69, 9.17) is 0 Å². The van der Waals surface area contributed by atoms with Gasteiger partial charge in [0.15, 0.2) is 23.4 Å².